The number of methoxy groups -OCH3 is 1. The quantitative estimate of drug-likeness (QED) is 0.682. The van der Waals surface area contributed by atoms with Gasteiger partial charge in [-0.15, -0.1) is 0 Å². The Morgan fingerprint density at radius 2 is 2.11 bits per heavy atom. The highest BCUT2D eigenvalue weighted by molar-refractivity contribution is 5.88. The number of rotatable bonds is 7. The van der Waals surface area contributed by atoms with Gasteiger partial charge in [-0.1, -0.05) is 0 Å². The summed E-state index contributed by atoms with van der Waals surface area (Å²) in [7, 11) is 3.66. The van der Waals surface area contributed by atoms with Gasteiger partial charge in [0.1, 0.15) is 5.82 Å². The largest absolute Gasteiger partial charge is 0.383 e. The summed E-state index contributed by atoms with van der Waals surface area (Å²) in [6.07, 6.45) is 6.53. The van der Waals surface area contributed by atoms with E-state index in [1.165, 1.54) is 6.42 Å². The third-order valence-electron chi connectivity index (χ3n) is 5.07. The van der Waals surface area contributed by atoms with Crippen molar-refractivity contribution >= 4 is 16.9 Å². The molecule has 0 radical (unpaired) electrons. The topological polar surface area (TPSA) is 81.0 Å². The fraction of sp³-hybridized carbons (Fsp3) is 0.474. The molecule has 0 bridgehead atoms. The molecule has 4 heterocycles. The normalized spacial score (nSPS) is 17.6. The van der Waals surface area contributed by atoms with E-state index in [0.29, 0.717) is 11.7 Å². The van der Waals surface area contributed by atoms with Crippen LogP contribution < -0.4 is 5.32 Å². The Morgan fingerprint density at radius 3 is 2.93 bits per heavy atom. The van der Waals surface area contributed by atoms with Crippen LogP contribution in [0.2, 0.25) is 0 Å². The Bertz CT molecular complexity index is 896. The van der Waals surface area contributed by atoms with Crippen molar-refractivity contribution in [1.82, 2.24) is 29.6 Å². The summed E-state index contributed by atoms with van der Waals surface area (Å²) in [5.41, 5.74) is 1.77. The predicted molar refractivity (Wildman–Crippen MR) is 104 cm³/mol. The molecule has 0 amide bonds. The molecule has 142 valence electrons. The summed E-state index contributed by atoms with van der Waals surface area (Å²) >= 11 is 0. The summed E-state index contributed by atoms with van der Waals surface area (Å²) in [5.74, 6) is 2.13. The molecule has 0 saturated carbocycles. The molecular formula is C19H25N7O. The molecule has 4 rings (SSSR count). The summed E-state index contributed by atoms with van der Waals surface area (Å²) < 4.78 is 6.97. The molecular weight excluding hydrogens is 342 g/mol. The van der Waals surface area contributed by atoms with E-state index in [1.807, 2.05) is 25.4 Å². The van der Waals surface area contributed by atoms with Crippen LogP contribution in [0.25, 0.3) is 22.4 Å². The number of nitrogens with one attached hydrogen (secondary N) is 1. The highest BCUT2D eigenvalue weighted by Gasteiger charge is 2.22. The van der Waals surface area contributed by atoms with Crippen LogP contribution in [0.3, 0.4) is 0 Å². The van der Waals surface area contributed by atoms with Crippen molar-refractivity contribution in [2.75, 3.05) is 45.2 Å². The van der Waals surface area contributed by atoms with Crippen LogP contribution in [-0.2, 0) is 11.8 Å². The van der Waals surface area contributed by atoms with Gasteiger partial charge >= 0.3 is 0 Å². The van der Waals surface area contributed by atoms with Crippen molar-refractivity contribution < 1.29 is 4.74 Å². The van der Waals surface area contributed by atoms with Gasteiger partial charge in [-0.25, -0.2) is 9.97 Å². The summed E-state index contributed by atoms with van der Waals surface area (Å²) in [6, 6.07) is 3.85. The number of likely N-dealkylation sites (tertiary alicyclic amines) is 1. The van der Waals surface area contributed by atoms with E-state index < -0.39 is 0 Å². The number of nitrogens with zero attached hydrogens (tertiary/aromatic N) is 6. The first-order valence-electron chi connectivity index (χ1n) is 9.30. The molecule has 1 aliphatic heterocycles. The van der Waals surface area contributed by atoms with Crippen molar-refractivity contribution in [2.45, 2.75) is 6.42 Å². The van der Waals surface area contributed by atoms with Gasteiger partial charge in [0.05, 0.1) is 18.2 Å². The molecule has 1 fully saturated rings. The Labute approximate surface area is 158 Å². The molecule has 1 unspecified atom stereocenters. The Hall–Kier alpha value is -2.58. The molecule has 1 N–H and O–H groups in total. The predicted octanol–water partition coefficient (Wildman–Crippen LogP) is 1.81. The fourth-order valence-electron chi connectivity index (χ4n) is 3.53. The minimum atomic E-state index is 0.605. The average Bonchev–Trinajstić information content (AvgIpc) is 3.32. The Kier molecular flexibility index (Phi) is 5.26. The zero-order valence-electron chi connectivity index (χ0n) is 15.8. The van der Waals surface area contributed by atoms with Crippen molar-refractivity contribution in [3.8, 4) is 11.4 Å². The molecule has 0 aliphatic carbocycles. The summed E-state index contributed by atoms with van der Waals surface area (Å²) in [5, 5.41) is 8.86. The maximum atomic E-state index is 5.19. The van der Waals surface area contributed by atoms with Crippen molar-refractivity contribution in [3.63, 3.8) is 0 Å². The van der Waals surface area contributed by atoms with E-state index in [1.54, 1.807) is 24.2 Å². The van der Waals surface area contributed by atoms with Gasteiger partial charge in [0.25, 0.3) is 0 Å². The van der Waals surface area contributed by atoms with Crippen LogP contribution in [-0.4, -0.2) is 69.5 Å². The minimum Gasteiger partial charge on any atom is -0.383 e. The molecule has 1 aliphatic rings. The number of pyridine rings is 1. The van der Waals surface area contributed by atoms with Crippen LogP contribution in [0.15, 0.2) is 30.7 Å². The molecule has 0 spiro atoms. The van der Waals surface area contributed by atoms with Gasteiger partial charge in [0.2, 0.25) is 0 Å². The van der Waals surface area contributed by atoms with Crippen molar-refractivity contribution in [1.29, 1.82) is 0 Å². The number of hydrogen-bond acceptors (Lipinski definition) is 7. The molecule has 1 saturated heterocycles. The monoisotopic (exact) mass is 367 g/mol. The van der Waals surface area contributed by atoms with E-state index in [0.717, 1.165) is 55.2 Å². The first-order chi connectivity index (χ1) is 13.2. The summed E-state index contributed by atoms with van der Waals surface area (Å²) in [4.78, 5) is 16.0. The first kappa shape index (κ1) is 17.8. The molecule has 3 aromatic heterocycles. The lowest BCUT2D eigenvalue weighted by molar-refractivity contribution is 0.159. The van der Waals surface area contributed by atoms with Crippen LogP contribution in [0.1, 0.15) is 6.42 Å². The first-order valence-corrected chi connectivity index (χ1v) is 9.30. The second-order valence-corrected chi connectivity index (χ2v) is 6.97. The maximum Gasteiger partial charge on any atom is 0.164 e. The smallest absolute Gasteiger partial charge is 0.164 e. The third kappa shape index (κ3) is 3.91. The molecule has 3 aromatic rings. The molecule has 1 atom stereocenters. The van der Waals surface area contributed by atoms with Gasteiger partial charge in [-0.2, -0.15) is 5.10 Å². The van der Waals surface area contributed by atoms with E-state index >= 15 is 0 Å². The van der Waals surface area contributed by atoms with Crippen molar-refractivity contribution in [3.05, 3.63) is 30.7 Å². The molecule has 8 nitrogen and oxygen atoms in total. The minimum absolute atomic E-state index is 0.605. The average molecular weight is 367 g/mol. The van der Waals surface area contributed by atoms with E-state index in [4.69, 9.17) is 14.7 Å². The van der Waals surface area contributed by atoms with E-state index in [-0.39, 0.29) is 0 Å². The third-order valence-corrected chi connectivity index (χ3v) is 5.07. The molecule has 0 aromatic carbocycles. The van der Waals surface area contributed by atoms with Gasteiger partial charge in [0, 0.05) is 51.7 Å². The highest BCUT2D eigenvalue weighted by Crippen LogP contribution is 2.25. The lowest BCUT2D eigenvalue weighted by atomic mass is 10.1. The zero-order valence-corrected chi connectivity index (χ0v) is 15.8. The van der Waals surface area contributed by atoms with Crippen LogP contribution in [0.5, 0.6) is 0 Å². The zero-order chi connectivity index (χ0) is 18.6. The van der Waals surface area contributed by atoms with Crippen LogP contribution in [0.4, 0.5) is 5.82 Å². The SMILES string of the molecule is COCCN1CCC(CNc2nc(-c3ccncc3)nc3c2cnn3C)C1. The molecule has 27 heavy (non-hydrogen) atoms. The van der Waals surface area contributed by atoms with Crippen LogP contribution >= 0.6 is 0 Å². The highest BCUT2D eigenvalue weighted by atomic mass is 16.5. The van der Waals surface area contributed by atoms with Gasteiger partial charge in [-0.05, 0) is 31.0 Å². The number of aryl methyl sites for hydroxylation is 1. The number of hydrogen-bond donors (Lipinski definition) is 1. The number of anilines is 1. The van der Waals surface area contributed by atoms with Gasteiger partial charge < -0.3 is 15.0 Å². The van der Waals surface area contributed by atoms with Gasteiger partial charge in [0.15, 0.2) is 11.5 Å². The number of fused-ring (bicyclic) bond motifs is 1. The van der Waals surface area contributed by atoms with Crippen molar-refractivity contribution in [2.24, 2.45) is 13.0 Å². The second kappa shape index (κ2) is 7.98. The fourth-order valence-corrected chi connectivity index (χ4v) is 3.53. The second-order valence-electron chi connectivity index (χ2n) is 6.97. The standard InChI is InChI=1S/C19H25N7O/c1-25-19-16(12-22-25)18(23-17(24-19)15-3-6-20-7-4-15)21-11-14-5-8-26(13-14)9-10-27-2/h3-4,6-7,12,14H,5,8-11,13H2,1-2H3,(H,21,23,24). The lowest BCUT2D eigenvalue weighted by Crippen LogP contribution is -2.26. The number of ether oxygens (including phenoxy) is 1. The lowest BCUT2D eigenvalue weighted by Gasteiger charge is -2.16. The Balaban J connectivity index is 1.53. The van der Waals surface area contributed by atoms with E-state index in [2.05, 4.69) is 20.3 Å². The maximum absolute atomic E-state index is 5.19. The Morgan fingerprint density at radius 1 is 1.26 bits per heavy atom. The molecule has 8 heteroatoms. The number of aromatic nitrogens is 5. The van der Waals surface area contributed by atoms with Crippen LogP contribution in [0, 0.1) is 5.92 Å². The van der Waals surface area contributed by atoms with Gasteiger partial charge in [-0.3, -0.25) is 9.67 Å². The summed E-state index contributed by atoms with van der Waals surface area (Å²) in [6.45, 7) is 4.90. The van der Waals surface area contributed by atoms with E-state index in [9.17, 15) is 0 Å².